The Morgan fingerprint density at radius 1 is 1.03 bits per heavy atom. The van der Waals surface area contributed by atoms with Gasteiger partial charge >= 0.3 is 0 Å². The number of aryl methyl sites for hydroxylation is 1. The summed E-state index contributed by atoms with van der Waals surface area (Å²) < 4.78 is 3.68. The molecule has 8 nitrogen and oxygen atoms in total. The molecule has 8 heteroatoms. The number of benzene rings is 1. The molecule has 5 rings (SSSR count). The van der Waals surface area contributed by atoms with Crippen molar-refractivity contribution in [3.8, 4) is 0 Å². The van der Waals surface area contributed by atoms with E-state index in [4.69, 9.17) is 0 Å². The van der Waals surface area contributed by atoms with Gasteiger partial charge in [-0.25, -0.2) is 0 Å². The molecule has 0 spiro atoms. The lowest BCUT2D eigenvalue weighted by atomic mass is 9.94. The third-order valence-electron chi connectivity index (χ3n) is 7.44. The SMILES string of the molecule is CC(C)Cn1c(=O)c2ccccc2n2c(CCC(=O)N3CCN(C4CCCCC4)CC3)nnc12. The highest BCUT2D eigenvalue weighted by Gasteiger charge is 2.27. The quantitative estimate of drug-likeness (QED) is 0.560. The third-order valence-corrected chi connectivity index (χ3v) is 7.44. The summed E-state index contributed by atoms with van der Waals surface area (Å²) in [5, 5.41) is 9.45. The first kappa shape index (κ1) is 23.0. The predicted molar refractivity (Wildman–Crippen MR) is 133 cm³/mol. The molecule has 1 aromatic carbocycles. The van der Waals surface area contributed by atoms with Gasteiger partial charge in [0, 0.05) is 51.6 Å². The van der Waals surface area contributed by atoms with Gasteiger partial charge in [-0.15, -0.1) is 10.2 Å². The summed E-state index contributed by atoms with van der Waals surface area (Å²) in [6.45, 7) is 8.34. The molecule has 2 aliphatic rings. The van der Waals surface area contributed by atoms with Gasteiger partial charge in [-0.3, -0.25) is 23.5 Å². The lowest BCUT2D eigenvalue weighted by molar-refractivity contribution is -0.133. The minimum atomic E-state index is -0.0392. The van der Waals surface area contributed by atoms with Crippen molar-refractivity contribution in [2.75, 3.05) is 26.2 Å². The van der Waals surface area contributed by atoms with Gasteiger partial charge in [0.25, 0.3) is 5.56 Å². The molecule has 182 valence electrons. The molecular formula is C26H36N6O2. The smallest absolute Gasteiger partial charge is 0.262 e. The van der Waals surface area contributed by atoms with Crippen LogP contribution in [0.5, 0.6) is 0 Å². The summed E-state index contributed by atoms with van der Waals surface area (Å²) in [5.41, 5.74) is 0.763. The molecule has 0 unspecified atom stereocenters. The van der Waals surface area contributed by atoms with Crippen LogP contribution in [0.2, 0.25) is 0 Å². The number of carbonyl (C=O) groups is 1. The number of rotatable bonds is 6. The van der Waals surface area contributed by atoms with E-state index in [0.29, 0.717) is 42.5 Å². The van der Waals surface area contributed by atoms with E-state index in [1.54, 1.807) is 4.57 Å². The van der Waals surface area contributed by atoms with Crippen molar-refractivity contribution in [3.63, 3.8) is 0 Å². The number of hydrogen-bond donors (Lipinski definition) is 0. The molecule has 1 aliphatic heterocycles. The summed E-state index contributed by atoms with van der Waals surface area (Å²) in [6.07, 6.45) is 7.59. The molecule has 1 amide bonds. The Balaban J connectivity index is 1.31. The van der Waals surface area contributed by atoms with E-state index in [1.165, 1.54) is 32.1 Å². The Bertz CT molecular complexity index is 1220. The highest BCUT2D eigenvalue weighted by molar-refractivity contribution is 5.80. The Morgan fingerprint density at radius 2 is 1.76 bits per heavy atom. The zero-order valence-electron chi connectivity index (χ0n) is 20.4. The van der Waals surface area contributed by atoms with Crippen molar-refractivity contribution in [1.29, 1.82) is 0 Å². The zero-order chi connectivity index (χ0) is 23.7. The van der Waals surface area contributed by atoms with Crippen LogP contribution in [0.1, 0.15) is 58.2 Å². The van der Waals surface area contributed by atoms with Gasteiger partial charge in [-0.1, -0.05) is 45.2 Å². The molecule has 1 aliphatic carbocycles. The number of nitrogens with zero attached hydrogens (tertiary/aromatic N) is 6. The minimum Gasteiger partial charge on any atom is -0.340 e. The summed E-state index contributed by atoms with van der Waals surface area (Å²) in [6, 6.07) is 8.31. The van der Waals surface area contributed by atoms with Gasteiger partial charge in [0.15, 0.2) is 0 Å². The van der Waals surface area contributed by atoms with E-state index in [9.17, 15) is 9.59 Å². The van der Waals surface area contributed by atoms with Crippen molar-refractivity contribution >= 4 is 22.6 Å². The maximum Gasteiger partial charge on any atom is 0.262 e. The molecule has 3 aromatic rings. The summed E-state index contributed by atoms with van der Waals surface area (Å²) in [4.78, 5) is 30.8. The maximum absolute atomic E-state index is 13.1. The van der Waals surface area contributed by atoms with Crippen LogP contribution in [0.3, 0.4) is 0 Å². The maximum atomic E-state index is 13.1. The fraction of sp³-hybridized carbons (Fsp3) is 0.615. The molecule has 0 atom stereocenters. The normalized spacial score (nSPS) is 18.4. The lowest BCUT2D eigenvalue weighted by Crippen LogP contribution is -2.52. The van der Waals surface area contributed by atoms with E-state index in [0.717, 1.165) is 37.5 Å². The first-order chi connectivity index (χ1) is 16.5. The number of piperazine rings is 1. The van der Waals surface area contributed by atoms with Gasteiger partial charge in [-0.2, -0.15) is 0 Å². The number of fused-ring (bicyclic) bond motifs is 3. The third kappa shape index (κ3) is 4.48. The van der Waals surface area contributed by atoms with Crippen molar-refractivity contribution in [3.05, 3.63) is 40.4 Å². The van der Waals surface area contributed by atoms with E-state index in [1.807, 2.05) is 33.6 Å². The van der Waals surface area contributed by atoms with Gasteiger partial charge in [0.1, 0.15) is 5.82 Å². The van der Waals surface area contributed by atoms with Crippen LogP contribution in [0.25, 0.3) is 16.7 Å². The average molecular weight is 465 g/mol. The fourth-order valence-corrected chi connectivity index (χ4v) is 5.67. The number of carbonyl (C=O) groups excluding carboxylic acids is 1. The molecule has 34 heavy (non-hydrogen) atoms. The summed E-state index contributed by atoms with van der Waals surface area (Å²) >= 11 is 0. The van der Waals surface area contributed by atoms with Gasteiger partial charge in [0.05, 0.1) is 10.9 Å². The van der Waals surface area contributed by atoms with Crippen molar-refractivity contribution in [2.45, 2.75) is 71.4 Å². The van der Waals surface area contributed by atoms with Crippen LogP contribution in [0.4, 0.5) is 0 Å². The Kier molecular flexibility index (Phi) is 6.68. The van der Waals surface area contributed by atoms with Gasteiger partial charge < -0.3 is 4.90 Å². The Labute approximate surface area is 200 Å². The van der Waals surface area contributed by atoms with Crippen LogP contribution in [-0.4, -0.2) is 67.1 Å². The molecule has 1 saturated heterocycles. The number of para-hydroxylation sites is 1. The molecule has 0 N–H and O–H groups in total. The van der Waals surface area contributed by atoms with E-state index < -0.39 is 0 Å². The number of aromatic nitrogens is 4. The topological polar surface area (TPSA) is 75.7 Å². The second-order valence-corrected chi connectivity index (χ2v) is 10.3. The number of hydrogen-bond acceptors (Lipinski definition) is 5. The van der Waals surface area contributed by atoms with Crippen molar-refractivity contribution in [1.82, 2.24) is 29.0 Å². The van der Waals surface area contributed by atoms with Crippen LogP contribution >= 0.6 is 0 Å². The van der Waals surface area contributed by atoms with Gasteiger partial charge in [0.2, 0.25) is 11.7 Å². The molecule has 0 radical (unpaired) electrons. The highest BCUT2D eigenvalue weighted by atomic mass is 16.2. The first-order valence-electron chi connectivity index (χ1n) is 12.9. The minimum absolute atomic E-state index is 0.0392. The molecular weight excluding hydrogens is 428 g/mol. The molecule has 2 aromatic heterocycles. The van der Waals surface area contributed by atoms with Crippen LogP contribution in [-0.2, 0) is 17.8 Å². The van der Waals surface area contributed by atoms with Crippen LogP contribution in [0.15, 0.2) is 29.1 Å². The molecule has 1 saturated carbocycles. The second kappa shape index (κ2) is 9.86. The highest BCUT2D eigenvalue weighted by Crippen LogP contribution is 2.24. The fourth-order valence-electron chi connectivity index (χ4n) is 5.67. The largest absolute Gasteiger partial charge is 0.340 e. The summed E-state index contributed by atoms with van der Waals surface area (Å²) in [7, 11) is 0. The standard InChI is InChI=1S/C26H36N6O2/c1-19(2)18-31-25(34)21-10-6-7-11-22(21)32-23(27-28-26(31)32)12-13-24(33)30-16-14-29(15-17-30)20-8-4-3-5-9-20/h6-7,10-11,19-20H,3-5,8-9,12-18H2,1-2H3. The summed E-state index contributed by atoms with van der Waals surface area (Å²) in [5.74, 6) is 1.77. The van der Waals surface area contributed by atoms with E-state index in [2.05, 4.69) is 28.9 Å². The monoisotopic (exact) mass is 464 g/mol. The second-order valence-electron chi connectivity index (χ2n) is 10.3. The zero-order valence-corrected chi connectivity index (χ0v) is 20.4. The Morgan fingerprint density at radius 3 is 2.50 bits per heavy atom. The molecule has 2 fully saturated rings. The van der Waals surface area contributed by atoms with E-state index >= 15 is 0 Å². The van der Waals surface area contributed by atoms with Crippen molar-refractivity contribution < 1.29 is 4.79 Å². The molecule has 0 bridgehead atoms. The van der Waals surface area contributed by atoms with Crippen molar-refractivity contribution in [2.24, 2.45) is 5.92 Å². The lowest BCUT2D eigenvalue weighted by Gasteiger charge is -2.40. The van der Waals surface area contributed by atoms with Crippen LogP contribution in [0, 0.1) is 5.92 Å². The number of amides is 1. The molecule has 3 heterocycles. The predicted octanol–water partition coefficient (Wildman–Crippen LogP) is 3.11. The average Bonchev–Trinajstić information content (AvgIpc) is 3.29. The van der Waals surface area contributed by atoms with Gasteiger partial charge in [-0.05, 0) is 30.9 Å². The van der Waals surface area contributed by atoms with E-state index in [-0.39, 0.29) is 11.5 Å². The van der Waals surface area contributed by atoms with Crippen LogP contribution < -0.4 is 5.56 Å². The Hall–Kier alpha value is -2.74. The first-order valence-corrected chi connectivity index (χ1v) is 12.9.